The Morgan fingerprint density at radius 3 is 2.86 bits per heavy atom. The molecule has 0 amide bonds. The van der Waals surface area contributed by atoms with Crippen LogP contribution in [0.15, 0.2) is 24.3 Å². The zero-order valence-corrected chi connectivity index (χ0v) is 8.37. The highest BCUT2D eigenvalue weighted by molar-refractivity contribution is 5.19. The second-order valence-corrected chi connectivity index (χ2v) is 3.15. The molecule has 0 fully saturated rings. The Balaban J connectivity index is 2.68. The topological polar surface area (TPSA) is 35.2 Å². The molecule has 0 aliphatic rings. The van der Waals surface area contributed by atoms with Crippen LogP contribution in [0.25, 0.3) is 0 Å². The van der Waals surface area contributed by atoms with Crippen molar-refractivity contribution in [3.8, 4) is 0 Å². The molecule has 0 radical (unpaired) electrons. The molecular weight excluding hydrogens is 181 g/mol. The molecule has 1 unspecified atom stereocenters. The summed E-state index contributed by atoms with van der Waals surface area (Å²) in [5.41, 5.74) is 6.35. The molecule has 1 atom stereocenters. The maximum absolute atomic E-state index is 12.9. The number of halogens is 1. The molecule has 14 heavy (non-hydrogen) atoms. The molecule has 78 valence electrons. The summed E-state index contributed by atoms with van der Waals surface area (Å²) < 4.78 is 18.4. The second-order valence-electron chi connectivity index (χ2n) is 3.15. The Bertz CT molecular complexity index is 278. The third-order valence-electron chi connectivity index (χ3n) is 1.96. The molecule has 1 rings (SSSR count). The van der Waals surface area contributed by atoms with Crippen molar-refractivity contribution < 1.29 is 9.13 Å². The molecule has 0 saturated carbocycles. The van der Waals surface area contributed by atoms with Gasteiger partial charge in [-0.25, -0.2) is 4.39 Å². The van der Waals surface area contributed by atoms with Crippen molar-refractivity contribution in [2.24, 2.45) is 5.73 Å². The summed E-state index contributed by atoms with van der Waals surface area (Å²) in [5.74, 6) is -0.249. The van der Waals surface area contributed by atoms with Crippen LogP contribution < -0.4 is 5.73 Å². The Morgan fingerprint density at radius 1 is 1.50 bits per heavy atom. The van der Waals surface area contributed by atoms with Crippen molar-refractivity contribution in [2.75, 3.05) is 13.2 Å². The van der Waals surface area contributed by atoms with E-state index in [2.05, 4.69) is 0 Å². The van der Waals surface area contributed by atoms with E-state index in [1.54, 1.807) is 6.07 Å². The number of hydrogen-bond donors (Lipinski definition) is 1. The SMILES string of the molecule is CCCOC(CN)c1cccc(F)c1. The van der Waals surface area contributed by atoms with E-state index in [-0.39, 0.29) is 11.9 Å². The van der Waals surface area contributed by atoms with Gasteiger partial charge in [0.05, 0.1) is 6.10 Å². The monoisotopic (exact) mass is 197 g/mol. The van der Waals surface area contributed by atoms with Crippen LogP contribution in [-0.4, -0.2) is 13.2 Å². The van der Waals surface area contributed by atoms with Crippen LogP contribution in [0.5, 0.6) is 0 Å². The predicted octanol–water partition coefficient (Wildman–Crippen LogP) is 2.25. The normalized spacial score (nSPS) is 12.8. The Morgan fingerprint density at radius 2 is 2.29 bits per heavy atom. The summed E-state index contributed by atoms with van der Waals surface area (Å²) >= 11 is 0. The minimum Gasteiger partial charge on any atom is -0.372 e. The molecule has 0 aliphatic heterocycles. The van der Waals surface area contributed by atoms with Crippen LogP contribution in [0.3, 0.4) is 0 Å². The lowest BCUT2D eigenvalue weighted by Gasteiger charge is -2.15. The van der Waals surface area contributed by atoms with Crippen molar-refractivity contribution in [1.82, 2.24) is 0 Å². The number of nitrogens with two attached hydrogens (primary N) is 1. The summed E-state index contributed by atoms with van der Waals surface area (Å²) in [7, 11) is 0. The standard InChI is InChI=1S/C11H16FNO/c1-2-6-14-11(8-13)9-4-3-5-10(12)7-9/h3-5,7,11H,2,6,8,13H2,1H3. The number of benzene rings is 1. The van der Waals surface area contributed by atoms with Gasteiger partial charge in [0, 0.05) is 13.2 Å². The molecule has 1 aromatic rings. The average Bonchev–Trinajstić information content (AvgIpc) is 2.19. The van der Waals surface area contributed by atoms with Gasteiger partial charge in [-0.3, -0.25) is 0 Å². The van der Waals surface area contributed by atoms with E-state index in [1.165, 1.54) is 12.1 Å². The molecule has 1 aromatic carbocycles. The van der Waals surface area contributed by atoms with Gasteiger partial charge in [0.1, 0.15) is 5.82 Å². The largest absolute Gasteiger partial charge is 0.372 e. The molecule has 0 bridgehead atoms. The van der Waals surface area contributed by atoms with Crippen molar-refractivity contribution in [3.05, 3.63) is 35.6 Å². The summed E-state index contributed by atoms with van der Waals surface area (Å²) in [4.78, 5) is 0. The lowest BCUT2D eigenvalue weighted by atomic mass is 10.1. The first-order chi connectivity index (χ1) is 6.77. The Hall–Kier alpha value is -0.930. The van der Waals surface area contributed by atoms with Gasteiger partial charge in [0.15, 0.2) is 0 Å². The van der Waals surface area contributed by atoms with Crippen LogP contribution in [0.2, 0.25) is 0 Å². The second kappa shape index (κ2) is 5.73. The van der Waals surface area contributed by atoms with Crippen molar-refractivity contribution in [1.29, 1.82) is 0 Å². The Kier molecular flexibility index (Phi) is 4.56. The predicted molar refractivity (Wildman–Crippen MR) is 54.4 cm³/mol. The summed E-state index contributed by atoms with van der Waals surface area (Å²) in [6.45, 7) is 3.06. The van der Waals surface area contributed by atoms with E-state index in [1.807, 2.05) is 13.0 Å². The highest BCUT2D eigenvalue weighted by atomic mass is 19.1. The molecular formula is C11H16FNO. The van der Waals surface area contributed by atoms with Crippen LogP contribution in [0, 0.1) is 5.82 Å². The fraction of sp³-hybridized carbons (Fsp3) is 0.455. The number of ether oxygens (including phenoxy) is 1. The fourth-order valence-corrected chi connectivity index (χ4v) is 1.27. The van der Waals surface area contributed by atoms with Gasteiger partial charge in [0.2, 0.25) is 0 Å². The first kappa shape index (κ1) is 11.1. The van der Waals surface area contributed by atoms with Crippen LogP contribution in [0.4, 0.5) is 4.39 Å². The molecule has 0 saturated heterocycles. The van der Waals surface area contributed by atoms with Crippen molar-refractivity contribution >= 4 is 0 Å². The molecule has 2 N–H and O–H groups in total. The third-order valence-corrected chi connectivity index (χ3v) is 1.96. The van der Waals surface area contributed by atoms with Gasteiger partial charge in [-0.05, 0) is 24.1 Å². The van der Waals surface area contributed by atoms with Gasteiger partial charge in [-0.2, -0.15) is 0 Å². The minimum atomic E-state index is -0.249. The lowest BCUT2D eigenvalue weighted by molar-refractivity contribution is 0.0589. The number of rotatable bonds is 5. The van der Waals surface area contributed by atoms with Gasteiger partial charge in [-0.15, -0.1) is 0 Å². The van der Waals surface area contributed by atoms with Crippen molar-refractivity contribution in [2.45, 2.75) is 19.4 Å². The van der Waals surface area contributed by atoms with E-state index >= 15 is 0 Å². The molecule has 3 heteroatoms. The van der Waals surface area contributed by atoms with E-state index in [0.29, 0.717) is 13.2 Å². The fourth-order valence-electron chi connectivity index (χ4n) is 1.27. The summed E-state index contributed by atoms with van der Waals surface area (Å²) in [6, 6.07) is 6.38. The quantitative estimate of drug-likeness (QED) is 0.785. The molecule has 2 nitrogen and oxygen atoms in total. The molecule has 0 heterocycles. The van der Waals surface area contributed by atoms with E-state index in [4.69, 9.17) is 10.5 Å². The smallest absolute Gasteiger partial charge is 0.123 e. The summed E-state index contributed by atoms with van der Waals surface area (Å²) in [5, 5.41) is 0. The van der Waals surface area contributed by atoms with Gasteiger partial charge in [-0.1, -0.05) is 19.1 Å². The van der Waals surface area contributed by atoms with Crippen molar-refractivity contribution in [3.63, 3.8) is 0 Å². The lowest BCUT2D eigenvalue weighted by Crippen LogP contribution is -2.16. The van der Waals surface area contributed by atoms with E-state index in [9.17, 15) is 4.39 Å². The van der Waals surface area contributed by atoms with Crippen LogP contribution >= 0.6 is 0 Å². The third kappa shape index (κ3) is 3.09. The van der Waals surface area contributed by atoms with E-state index in [0.717, 1.165) is 12.0 Å². The highest BCUT2D eigenvalue weighted by Crippen LogP contribution is 2.17. The molecule has 0 aliphatic carbocycles. The molecule has 0 spiro atoms. The van der Waals surface area contributed by atoms with Crippen LogP contribution in [0.1, 0.15) is 25.0 Å². The molecule has 0 aromatic heterocycles. The first-order valence-corrected chi connectivity index (χ1v) is 4.85. The zero-order chi connectivity index (χ0) is 10.4. The number of hydrogen-bond acceptors (Lipinski definition) is 2. The van der Waals surface area contributed by atoms with E-state index < -0.39 is 0 Å². The first-order valence-electron chi connectivity index (χ1n) is 4.85. The van der Waals surface area contributed by atoms with Crippen LogP contribution in [-0.2, 0) is 4.74 Å². The summed E-state index contributed by atoms with van der Waals surface area (Å²) in [6.07, 6.45) is 0.747. The maximum atomic E-state index is 12.9. The minimum absolute atomic E-state index is 0.189. The van der Waals surface area contributed by atoms with Gasteiger partial charge in [0.25, 0.3) is 0 Å². The average molecular weight is 197 g/mol. The zero-order valence-electron chi connectivity index (χ0n) is 8.37. The van der Waals surface area contributed by atoms with Gasteiger partial charge >= 0.3 is 0 Å². The highest BCUT2D eigenvalue weighted by Gasteiger charge is 2.09. The van der Waals surface area contributed by atoms with Gasteiger partial charge < -0.3 is 10.5 Å². The Labute approximate surface area is 83.9 Å². The maximum Gasteiger partial charge on any atom is 0.123 e.